The molecule has 0 radical (unpaired) electrons. The molecule has 1 fully saturated rings. The lowest BCUT2D eigenvalue weighted by Gasteiger charge is -2.35. The summed E-state index contributed by atoms with van der Waals surface area (Å²) in [5.74, 6) is -2.13. The minimum Gasteiger partial charge on any atom is -0.465 e. The van der Waals surface area contributed by atoms with Crippen LogP contribution in [0.1, 0.15) is 41.0 Å². The van der Waals surface area contributed by atoms with E-state index in [-0.39, 0.29) is 30.6 Å². The molecule has 0 aromatic carbocycles. The van der Waals surface area contributed by atoms with Gasteiger partial charge in [0, 0.05) is 17.4 Å². The number of aliphatic hydroxyl groups is 1. The average molecular weight is 358 g/mol. The lowest BCUT2D eigenvalue weighted by atomic mass is 9.94. The van der Waals surface area contributed by atoms with Gasteiger partial charge in [-0.15, -0.1) is 0 Å². The van der Waals surface area contributed by atoms with Gasteiger partial charge in [-0.2, -0.15) is 0 Å². The summed E-state index contributed by atoms with van der Waals surface area (Å²) in [6, 6.07) is 0. The zero-order chi connectivity index (χ0) is 19.0. The van der Waals surface area contributed by atoms with Crippen LogP contribution in [-0.2, 0) is 28.5 Å². The molecule has 0 bridgehead atoms. The molecule has 1 heterocycles. The highest BCUT2D eigenvalue weighted by Crippen LogP contribution is 2.26. The summed E-state index contributed by atoms with van der Waals surface area (Å²) >= 11 is 0. The molecular formula is C18H30O7. The van der Waals surface area contributed by atoms with Crippen LogP contribution in [0.25, 0.3) is 0 Å². The summed E-state index contributed by atoms with van der Waals surface area (Å²) in [4.78, 5) is 24.0. The Morgan fingerprint density at radius 1 is 1.20 bits per heavy atom. The van der Waals surface area contributed by atoms with Gasteiger partial charge in [-0.25, -0.2) is 4.79 Å². The third-order valence-electron chi connectivity index (χ3n) is 3.75. The van der Waals surface area contributed by atoms with E-state index in [1.807, 2.05) is 13.8 Å². The van der Waals surface area contributed by atoms with Crippen molar-refractivity contribution in [2.45, 2.75) is 53.4 Å². The van der Waals surface area contributed by atoms with Gasteiger partial charge in [0.1, 0.15) is 5.92 Å². The number of hydrogen-bond donors (Lipinski definition) is 1. The summed E-state index contributed by atoms with van der Waals surface area (Å²) in [7, 11) is 0. The normalized spacial score (nSPS) is 20.6. The lowest BCUT2D eigenvalue weighted by molar-refractivity contribution is -0.232. The van der Waals surface area contributed by atoms with Crippen LogP contribution in [0.5, 0.6) is 0 Å². The first-order valence-electron chi connectivity index (χ1n) is 8.63. The Bertz CT molecular complexity index is 474. The van der Waals surface area contributed by atoms with Crippen molar-refractivity contribution < 1.29 is 33.6 Å². The van der Waals surface area contributed by atoms with E-state index in [1.165, 1.54) is 13.0 Å². The van der Waals surface area contributed by atoms with Crippen LogP contribution in [0.2, 0.25) is 0 Å². The Balaban J connectivity index is 2.79. The van der Waals surface area contributed by atoms with Crippen molar-refractivity contribution >= 4 is 11.9 Å². The highest BCUT2D eigenvalue weighted by Gasteiger charge is 2.34. The minimum absolute atomic E-state index is 0.0810. The molecule has 7 heteroatoms. The quantitative estimate of drug-likeness (QED) is 0.523. The van der Waals surface area contributed by atoms with E-state index in [0.717, 1.165) is 0 Å². The molecule has 0 saturated carbocycles. The summed E-state index contributed by atoms with van der Waals surface area (Å²) in [6.45, 7) is 10.4. The van der Waals surface area contributed by atoms with E-state index in [1.54, 1.807) is 13.8 Å². The van der Waals surface area contributed by atoms with E-state index in [2.05, 4.69) is 0 Å². The third-order valence-corrected chi connectivity index (χ3v) is 3.75. The molecule has 1 rings (SSSR count). The molecule has 0 aromatic heterocycles. The van der Waals surface area contributed by atoms with E-state index in [4.69, 9.17) is 18.9 Å². The first-order valence-corrected chi connectivity index (χ1v) is 8.63. The maximum absolute atomic E-state index is 12.2. The van der Waals surface area contributed by atoms with Gasteiger partial charge in [-0.3, -0.25) is 4.79 Å². The van der Waals surface area contributed by atoms with Gasteiger partial charge in [-0.05, 0) is 20.8 Å². The van der Waals surface area contributed by atoms with Crippen molar-refractivity contribution in [3.05, 3.63) is 11.6 Å². The van der Waals surface area contributed by atoms with Crippen LogP contribution >= 0.6 is 0 Å². The van der Waals surface area contributed by atoms with Gasteiger partial charge >= 0.3 is 11.9 Å². The van der Waals surface area contributed by atoms with Crippen LogP contribution in [0.3, 0.4) is 0 Å². The van der Waals surface area contributed by atoms with E-state index >= 15 is 0 Å². The highest BCUT2D eigenvalue weighted by molar-refractivity contribution is 5.89. The molecule has 2 unspecified atom stereocenters. The summed E-state index contributed by atoms with van der Waals surface area (Å²) in [5, 5.41) is 10.5. The Kier molecular flexibility index (Phi) is 8.55. The summed E-state index contributed by atoms with van der Waals surface area (Å²) < 4.78 is 21.1. The summed E-state index contributed by atoms with van der Waals surface area (Å²) in [6.07, 6.45) is -0.217. The maximum atomic E-state index is 12.2. The predicted octanol–water partition coefficient (Wildman–Crippen LogP) is 1.83. The maximum Gasteiger partial charge on any atom is 0.333 e. The zero-order valence-electron chi connectivity index (χ0n) is 15.7. The second-order valence-electron chi connectivity index (χ2n) is 6.87. The summed E-state index contributed by atoms with van der Waals surface area (Å²) in [5.41, 5.74) is 0.160. The number of esters is 2. The molecule has 2 atom stereocenters. The number of hydrogen-bond acceptors (Lipinski definition) is 7. The van der Waals surface area contributed by atoms with Crippen molar-refractivity contribution in [1.82, 2.24) is 0 Å². The molecule has 0 amide bonds. The van der Waals surface area contributed by atoms with Crippen LogP contribution in [0.15, 0.2) is 11.6 Å². The van der Waals surface area contributed by atoms with Crippen molar-refractivity contribution in [2.75, 3.05) is 26.4 Å². The number of aliphatic hydroxyl groups excluding tert-OH is 1. The van der Waals surface area contributed by atoms with Gasteiger partial charge in [0.25, 0.3) is 0 Å². The Morgan fingerprint density at radius 2 is 1.76 bits per heavy atom. The zero-order valence-corrected chi connectivity index (χ0v) is 15.7. The fraction of sp³-hybridized carbons (Fsp3) is 0.778. The predicted molar refractivity (Wildman–Crippen MR) is 90.6 cm³/mol. The molecule has 144 valence electrons. The first kappa shape index (κ1) is 21.6. The van der Waals surface area contributed by atoms with Gasteiger partial charge in [0.2, 0.25) is 0 Å². The standard InChI is InChI=1S/C18H30O7/c1-6-22-16(20)12(3)8-13(17(21)23-7-2)14(19)9-15-24-10-18(4,5)11-25-15/h8,13-15,19H,6-7,9-11H2,1-5H3/b12-8+. The lowest BCUT2D eigenvalue weighted by Crippen LogP contribution is -2.41. The first-order chi connectivity index (χ1) is 11.7. The highest BCUT2D eigenvalue weighted by atomic mass is 16.7. The molecule has 1 saturated heterocycles. The average Bonchev–Trinajstić information content (AvgIpc) is 2.54. The topological polar surface area (TPSA) is 91.3 Å². The van der Waals surface area contributed by atoms with Crippen LogP contribution in [-0.4, -0.2) is 55.9 Å². The molecular weight excluding hydrogens is 328 g/mol. The fourth-order valence-electron chi connectivity index (χ4n) is 2.36. The monoisotopic (exact) mass is 358 g/mol. The number of rotatable bonds is 8. The fourth-order valence-corrected chi connectivity index (χ4v) is 2.36. The van der Waals surface area contributed by atoms with E-state index in [9.17, 15) is 14.7 Å². The Hall–Kier alpha value is -1.44. The van der Waals surface area contributed by atoms with Gasteiger partial charge < -0.3 is 24.1 Å². The van der Waals surface area contributed by atoms with Crippen molar-refractivity contribution in [2.24, 2.45) is 11.3 Å². The second-order valence-corrected chi connectivity index (χ2v) is 6.87. The Labute approximate surface area is 149 Å². The van der Waals surface area contributed by atoms with Crippen molar-refractivity contribution in [3.63, 3.8) is 0 Å². The molecule has 1 aliphatic rings. The molecule has 7 nitrogen and oxygen atoms in total. The SMILES string of the molecule is CCOC(=O)/C(C)=C/C(C(=O)OCC)C(O)CC1OCC(C)(C)CO1. The van der Waals surface area contributed by atoms with Crippen LogP contribution in [0, 0.1) is 11.3 Å². The number of carbonyl (C=O) groups excluding carboxylic acids is 2. The van der Waals surface area contributed by atoms with E-state index in [0.29, 0.717) is 13.2 Å². The molecule has 0 aromatic rings. The smallest absolute Gasteiger partial charge is 0.333 e. The second kappa shape index (κ2) is 9.89. The third kappa shape index (κ3) is 7.13. The van der Waals surface area contributed by atoms with Gasteiger partial charge in [0.15, 0.2) is 6.29 Å². The molecule has 25 heavy (non-hydrogen) atoms. The van der Waals surface area contributed by atoms with Crippen LogP contribution in [0.4, 0.5) is 0 Å². The number of carbonyl (C=O) groups is 2. The Morgan fingerprint density at radius 3 is 2.28 bits per heavy atom. The molecule has 1 N–H and O–H groups in total. The molecule has 1 aliphatic heterocycles. The minimum atomic E-state index is -1.10. The van der Waals surface area contributed by atoms with Crippen LogP contribution < -0.4 is 0 Å². The van der Waals surface area contributed by atoms with E-state index < -0.39 is 30.3 Å². The largest absolute Gasteiger partial charge is 0.465 e. The molecule has 0 aliphatic carbocycles. The number of ether oxygens (including phenoxy) is 4. The molecule has 0 spiro atoms. The van der Waals surface area contributed by atoms with Gasteiger partial charge in [0.05, 0.1) is 32.5 Å². The van der Waals surface area contributed by atoms with Crippen molar-refractivity contribution in [3.8, 4) is 0 Å². The van der Waals surface area contributed by atoms with Crippen molar-refractivity contribution in [1.29, 1.82) is 0 Å². The van der Waals surface area contributed by atoms with Gasteiger partial charge in [-0.1, -0.05) is 19.9 Å².